The maximum Gasteiger partial charge on any atom is 2.00 e. The van der Waals surface area contributed by atoms with Crippen LogP contribution in [0.4, 0.5) is 24.5 Å². The topological polar surface area (TPSA) is 89.9 Å². The molecule has 1 aromatic heterocycles. The van der Waals surface area contributed by atoms with E-state index in [0.29, 0.717) is 0 Å². The molecule has 0 saturated heterocycles. The first-order chi connectivity index (χ1) is 16.3. The molecule has 0 bridgehead atoms. The first kappa shape index (κ1) is 34.4. The molecule has 37 heavy (non-hydrogen) atoms. The number of rotatable bonds is 5. The number of benzene rings is 2. The maximum absolute atomic E-state index is 10.7. The number of aliphatic imine (C=N–C) groups is 2. The maximum atomic E-state index is 10.7. The zero-order valence-electron chi connectivity index (χ0n) is 21.6. The van der Waals surface area contributed by atoms with Gasteiger partial charge in [-0.15, -0.1) is 13.2 Å². The smallest absolute Gasteiger partial charge is 0.750 e. The van der Waals surface area contributed by atoms with Crippen LogP contribution in [0.5, 0.6) is 0 Å². The summed E-state index contributed by atoms with van der Waals surface area (Å²) in [6, 6.07) is 16.7. The number of aromatic nitrogens is 1. The van der Waals surface area contributed by atoms with Crippen molar-refractivity contribution < 1.29 is 43.2 Å². The van der Waals surface area contributed by atoms with Gasteiger partial charge in [0.05, 0.1) is 45.5 Å². The summed E-state index contributed by atoms with van der Waals surface area (Å²) >= 11 is -3.51. The number of H-pyrrole nitrogens is 1. The molecular weight excluding hydrogens is 547 g/mol. The third kappa shape index (κ3) is 10.8. The fourth-order valence-electron chi connectivity index (χ4n) is 3.31. The van der Waals surface area contributed by atoms with E-state index >= 15 is 0 Å². The molecule has 0 aliphatic carbocycles. The molecule has 0 aliphatic heterocycles. The number of aromatic amines is 1. The van der Waals surface area contributed by atoms with Gasteiger partial charge in [0.2, 0.25) is 0 Å². The number of aryl methyl sites for hydroxylation is 4. The van der Waals surface area contributed by atoms with E-state index in [1.165, 1.54) is 22.3 Å². The summed E-state index contributed by atoms with van der Waals surface area (Å²) < 4.78 is 52.6. The molecule has 3 aromatic rings. The van der Waals surface area contributed by atoms with Crippen molar-refractivity contribution in [3.63, 3.8) is 0 Å². The number of para-hydroxylation sites is 2. The molecule has 2 aromatic carbocycles. The third-order valence-corrected chi connectivity index (χ3v) is 5.39. The first-order valence-electron chi connectivity index (χ1n) is 10.6. The Morgan fingerprint density at radius 2 is 1.14 bits per heavy atom. The predicted molar refractivity (Wildman–Crippen MR) is 139 cm³/mol. The van der Waals surface area contributed by atoms with Gasteiger partial charge in [0.15, 0.2) is 0 Å². The van der Waals surface area contributed by atoms with Crippen molar-refractivity contribution in [2.75, 3.05) is 0 Å². The minimum absolute atomic E-state index is 0. The largest absolute Gasteiger partial charge is 2.00 e. The van der Waals surface area contributed by atoms with E-state index in [2.05, 4.69) is 85.4 Å². The van der Waals surface area contributed by atoms with Gasteiger partial charge in [-0.25, -0.2) is 8.39 Å². The fraction of sp³-hybridized carbons (Fsp3) is 0.269. The molecule has 11 heteroatoms. The molecule has 1 atom stereocenters. The van der Waals surface area contributed by atoms with Gasteiger partial charge in [-0.1, -0.05) is 36.4 Å². The number of hydrogen-bond donors (Lipinski definition) is 1. The van der Waals surface area contributed by atoms with Crippen LogP contribution in [0.2, 0.25) is 0 Å². The predicted octanol–water partition coefficient (Wildman–Crippen LogP) is 7.29. The number of hydrogen-bond acceptors (Lipinski definition) is 5. The van der Waals surface area contributed by atoms with Gasteiger partial charge in [0, 0.05) is 0 Å². The van der Waals surface area contributed by atoms with E-state index in [1.807, 2.05) is 13.8 Å². The Labute approximate surface area is 229 Å². The van der Waals surface area contributed by atoms with Gasteiger partial charge in [-0.3, -0.25) is 9.98 Å². The molecule has 6 nitrogen and oxygen atoms in total. The molecule has 1 N–H and O–H groups in total. The monoisotopic (exact) mass is 577 g/mol. The van der Waals surface area contributed by atoms with Crippen molar-refractivity contribution in [3.8, 4) is 0 Å². The van der Waals surface area contributed by atoms with Gasteiger partial charge < -0.3 is 17.0 Å². The van der Waals surface area contributed by atoms with Crippen LogP contribution in [0, 0.1) is 35.1 Å². The van der Waals surface area contributed by atoms with E-state index < -0.39 is 17.7 Å². The van der Waals surface area contributed by atoms with E-state index in [-0.39, 0.29) is 24.5 Å². The second-order valence-corrected chi connectivity index (χ2v) is 8.47. The molecule has 0 spiro atoms. The van der Waals surface area contributed by atoms with Crippen LogP contribution in [-0.4, -0.2) is 31.5 Å². The van der Waals surface area contributed by atoms with E-state index in [0.717, 1.165) is 34.2 Å². The molecule has 0 saturated carbocycles. The Morgan fingerprint density at radius 3 is 1.38 bits per heavy atom. The summed E-state index contributed by atoms with van der Waals surface area (Å²) in [4.78, 5) is 13.2. The van der Waals surface area contributed by atoms with Crippen LogP contribution in [0.3, 0.4) is 0 Å². The van der Waals surface area contributed by atoms with E-state index in [1.54, 1.807) is 0 Å². The van der Waals surface area contributed by atoms with Gasteiger partial charge in [-0.05, 0) is 75.9 Å². The molecule has 3 rings (SSSR count). The zero-order chi connectivity index (χ0) is 26.3. The minimum atomic E-state index is -5.09. The number of halogens is 3. The Hall–Kier alpha value is -2.56. The normalized spacial score (nSPS) is 12.6. The fourth-order valence-corrected chi connectivity index (χ4v) is 3.47. The van der Waals surface area contributed by atoms with Crippen molar-refractivity contribution in [1.82, 2.24) is 4.98 Å². The molecule has 1 unspecified atom stereocenters. The molecule has 0 aliphatic rings. The molecule has 0 radical (unpaired) electrons. The van der Waals surface area contributed by atoms with Crippen LogP contribution in [0.1, 0.15) is 47.5 Å². The molecule has 0 fully saturated rings. The summed E-state index contributed by atoms with van der Waals surface area (Å²) in [5.74, 6) is 0. The van der Waals surface area contributed by atoms with E-state index in [4.69, 9.17) is 18.7 Å². The summed E-state index contributed by atoms with van der Waals surface area (Å²) in [7, 11) is 0. The number of nitrogens with one attached hydrogen (secondary N) is 1. The Bertz CT molecular complexity index is 1150. The first-order valence-corrected chi connectivity index (χ1v) is 11.6. The second-order valence-electron chi connectivity index (χ2n) is 7.89. The number of nitrogens with zero attached hydrogens (tertiary/aromatic N) is 2. The van der Waals surface area contributed by atoms with Crippen LogP contribution in [0.15, 0.2) is 58.5 Å². The summed E-state index contributed by atoms with van der Waals surface area (Å²) in [5, 5.41) is 0. The van der Waals surface area contributed by atoms with Crippen molar-refractivity contribution in [2.24, 2.45) is 9.98 Å². The van der Waals surface area contributed by atoms with Crippen molar-refractivity contribution in [2.45, 2.75) is 47.9 Å². The molecule has 0 amide bonds. The van der Waals surface area contributed by atoms with Gasteiger partial charge >= 0.3 is 23.4 Å². The van der Waals surface area contributed by atoms with Crippen LogP contribution < -0.4 is 0 Å². The van der Waals surface area contributed by atoms with E-state index in [9.17, 15) is 13.2 Å². The Balaban J connectivity index is 0.00000113. The number of alkyl halides is 3. The van der Waals surface area contributed by atoms with Crippen LogP contribution >= 0.6 is 0 Å². The quantitative estimate of drug-likeness (QED) is 0.149. The molecular formula is C26H30F3FeN3O3S. The van der Waals surface area contributed by atoms with Gasteiger partial charge in [0.1, 0.15) is 0 Å². The Kier molecular flexibility index (Phi) is 14.0. The average Bonchev–Trinajstić information content (AvgIpc) is 3.23. The van der Waals surface area contributed by atoms with Crippen LogP contribution in [0.25, 0.3) is 0 Å². The van der Waals surface area contributed by atoms with Crippen LogP contribution in [-0.2, 0) is 32.6 Å². The SMILES string of the molecule is CC(=Nc1c(C)cccc1C)c1ccc(C(C)=Nc2c(C)cccc2C)[nH]1.O=S([O-])OC(F)(F)F.[CH3-].[Fe+2]. The average molecular weight is 577 g/mol. The standard InChI is InChI=1S/C24H27N3.CHF3O3S.CH3.Fe/c1-15-9-7-10-16(2)23(15)25-19(5)21-13-14-22(27-21)20(6)26-24-17(3)11-8-12-18(24)4;2-1(3,4)7-8(5)6;;/h7-14,27H,1-6H3;(H,5,6);1H3;/q;;-1;+2/p-1. The third-order valence-electron chi connectivity index (χ3n) is 5.07. The van der Waals surface area contributed by atoms with Crippen molar-refractivity contribution in [1.29, 1.82) is 0 Å². The van der Waals surface area contributed by atoms with Crippen molar-refractivity contribution >= 4 is 34.2 Å². The minimum Gasteiger partial charge on any atom is -0.750 e. The van der Waals surface area contributed by atoms with Gasteiger partial charge in [-0.2, -0.15) is 0 Å². The zero-order valence-corrected chi connectivity index (χ0v) is 23.6. The summed E-state index contributed by atoms with van der Waals surface area (Å²) in [5.41, 5.74) is 10.8. The summed E-state index contributed by atoms with van der Waals surface area (Å²) in [6.07, 6.45) is -5.09. The van der Waals surface area contributed by atoms with Crippen molar-refractivity contribution in [3.05, 3.63) is 89.6 Å². The Morgan fingerprint density at radius 1 is 0.811 bits per heavy atom. The summed E-state index contributed by atoms with van der Waals surface area (Å²) in [6.45, 7) is 12.5. The second kappa shape index (κ2) is 15.0. The van der Waals surface area contributed by atoms with Gasteiger partial charge in [0.25, 0.3) is 0 Å². The molecule has 202 valence electrons. The molecule has 1 heterocycles.